The minimum atomic E-state index is -0.761. The topological polar surface area (TPSA) is 49.8 Å². The summed E-state index contributed by atoms with van der Waals surface area (Å²) in [5.74, 6) is 0.177. The number of nitrogens with zero attached hydrogens (tertiary/aromatic N) is 1. The number of halogens is 1. The van der Waals surface area contributed by atoms with Crippen LogP contribution in [-0.2, 0) is 0 Å². The third-order valence-corrected chi connectivity index (χ3v) is 6.38. The number of rotatable bonds is 3. The Kier molecular flexibility index (Phi) is 5.11. The van der Waals surface area contributed by atoms with Crippen LogP contribution in [0, 0.1) is 11.7 Å². The lowest BCUT2D eigenvalue weighted by atomic mass is 9.66. The zero-order valence-corrected chi connectivity index (χ0v) is 16.1. The Morgan fingerprint density at radius 3 is 2.64 bits per heavy atom. The lowest BCUT2D eigenvalue weighted by molar-refractivity contribution is -0.115. The maximum absolute atomic E-state index is 13.4. The molecule has 0 spiro atoms. The summed E-state index contributed by atoms with van der Waals surface area (Å²) in [4.78, 5) is 15.2. The molecule has 0 radical (unpaired) electrons. The summed E-state index contributed by atoms with van der Waals surface area (Å²) in [6.07, 6.45) is 4.25. The number of amides is 1. The number of aliphatic hydroxyl groups is 1. The van der Waals surface area contributed by atoms with Crippen LogP contribution in [0.15, 0.2) is 48.5 Å². The predicted octanol–water partition coefficient (Wildman–Crippen LogP) is 4.34. The Hall–Kier alpha value is -2.40. The zero-order valence-electron chi connectivity index (χ0n) is 16.1. The third-order valence-electron chi connectivity index (χ3n) is 6.38. The standard InChI is InChI=1S/C23H26FNO3/c1-28-20-8-3-2-6-18(20)21-19-7-4-5-13-23(19,27)14-15-25(21)22(26)16-9-11-17(24)12-10-16/h2-3,6,8-12,19,21,27H,4-5,7,13-15H2,1H3/t19-,21+,23+/m0/s1. The molecule has 28 heavy (non-hydrogen) atoms. The number of piperidine rings is 1. The average Bonchev–Trinajstić information content (AvgIpc) is 2.72. The quantitative estimate of drug-likeness (QED) is 0.858. The number of likely N-dealkylation sites (tertiary alicyclic amines) is 1. The van der Waals surface area contributed by atoms with Gasteiger partial charge in [0, 0.05) is 23.6 Å². The van der Waals surface area contributed by atoms with Crippen molar-refractivity contribution in [1.29, 1.82) is 0 Å². The molecule has 5 heteroatoms. The summed E-state index contributed by atoms with van der Waals surface area (Å²) in [6.45, 7) is 0.464. The van der Waals surface area contributed by atoms with E-state index in [2.05, 4.69) is 0 Å². The lowest BCUT2D eigenvalue weighted by Crippen LogP contribution is -2.56. The number of fused-ring (bicyclic) bond motifs is 1. The van der Waals surface area contributed by atoms with Gasteiger partial charge < -0.3 is 14.7 Å². The monoisotopic (exact) mass is 383 g/mol. The van der Waals surface area contributed by atoms with Crippen LogP contribution >= 0.6 is 0 Å². The van der Waals surface area contributed by atoms with Gasteiger partial charge in [-0.05, 0) is 49.6 Å². The van der Waals surface area contributed by atoms with Crippen LogP contribution < -0.4 is 4.74 Å². The van der Waals surface area contributed by atoms with Gasteiger partial charge in [0.2, 0.25) is 0 Å². The fourth-order valence-corrected chi connectivity index (χ4v) is 4.96. The first-order valence-electron chi connectivity index (χ1n) is 9.95. The Bertz CT molecular complexity index is 853. The number of carbonyl (C=O) groups excluding carboxylic acids is 1. The number of hydrogen-bond acceptors (Lipinski definition) is 3. The molecule has 2 fully saturated rings. The maximum atomic E-state index is 13.4. The molecule has 0 bridgehead atoms. The van der Waals surface area contributed by atoms with Crippen molar-refractivity contribution in [2.45, 2.75) is 43.7 Å². The van der Waals surface area contributed by atoms with Crippen molar-refractivity contribution < 1.29 is 19.0 Å². The second-order valence-corrected chi connectivity index (χ2v) is 7.90. The molecule has 2 aromatic rings. The third kappa shape index (κ3) is 3.28. The van der Waals surface area contributed by atoms with Crippen LogP contribution in [0.4, 0.5) is 4.39 Å². The fourth-order valence-electron chi connectivity index (χ4n) is 4.96. The van der Waals surface area contributed by atoms with Crippen LogP contribution in [-0.4, -0.2) is 35.2 Å². The molecule has 1 saturated heterocycles. The SMILES string of the molecule is COc1ccccc1[C@@H]1[C@@H]2CCCC[C@@]2(O)CCN1C(=O)c1ccc(F)cc1. The molecule has 148 valence electrons. The van der Waals surface area contributed by atoms with Crippen molar-refractivity contribution in [2.75, 3.05) is 13.7 Å². The predicted molar refractivity (Wildman–Crippen MR) is 105 cm³/mol. The summed E-state index contributed by atoms with van der Waals surface area (Å²) in [6, 6.07) is 13.1. The molecule has 3 atom stereocenters. The van der Waals surface area contributed by atoms with E-state index in [4.69, 9.17) is 4.74 Å². The highest BCUT2D eigenvalue weighted by atomic mass is 19.1. The first kappa shape index (κ1) is 18.9. The van der Waals surface area contributed by atoms with Gasteiger partial charge in [0.15, 0.2) is 0 Å². The number of hydrogen-bond donors (Lipinski definition) is 1. The van der Waals surface area contributed by atoms with Crippen molar-refractivity contribution in [3.05, 3.63) is 65.5 Å². The van der Waals surface area contributed by atoms with Gasteiger partial charge in [0.25, 0.3) is 5.91 Å². The number of ether oxygens (including phenoxy) is 1. The number of methoxy groups -OCH3 is 1. The molecule has 1 aliphatic heterocycles. The molecular formula is C23H26FNO3. The Labute approximate surface area is 164 Å². The highest BCUT2D eigenvalue weighted by Gasteiger charge is 2.50. The van der Waals surface area contributed by atoms with Gasteiger partial charge in [0.1, 0.15) is 11.6 Å². The normalized spacial score (nSPS) is 27.2. The van der Waals surface area contributed by atoms with Crippen molar-refractivity contribution >= 4 is 5.91 Å². The molecule has 0 aromatic heterocycles. The molecule has 2 aromatic carbocycles. The molecule has 1 amide bonds. The first-order valence-corrected chi connectivity index (χ1v) is 9.95. The average molecular weight is 383 g/mol. The largest absolute Gasteiger partial charge is 0.496 e. The molecular weight excluding hydrogens is 357 g/mol. The summed E-state index contributed by atoms with van der Waals surface area (Å²) in [7, 11) is 1.63. The van der Waals surface area contributed by atoms with E-state index in [1.165, 1.54) is 24.3 Å². The van der Waals surface area contributed by atoms with E-state index < -0.39 is 5.60 Å². The minimum Gasteiger partial charge on any atom is -0.496 e. The Morgan fingerprint density at radius 2 is 1.89 bits per heavy atom. The summed E-state index contributed by atoms with van der Waals surface area (Å²) in [5.41, 5.74) is 0.622. The zero-order chi connectivity index (χ0) is 19.7. The van der Waals surface area contributed by atoms with Gasteiger partial charge in [-0.1, -0.05) is 31.0 Å². The molecule has 1 heterocycles. The number of benzene rings is 2. The summed E-state index contributed by atoms with van der Waals surface area (Å²) in [5, 5.41) is 11.4. The van der Waals surface area contributed by atoms with Crippen LogP contribution in [0.5, 0.6) is 5.75 Å². The number of para-hydroxylation sites is 1. The van der Waals surface area contributed by atoms with Crippen LogP contribution in [0.1, 0.15) is 54.1 Å². The van der Waals surface area contributed by atoms with Crippen molar-refractivity contribution in [3.63, 3.8) is 0 Å². The second kappa shape index (κ2) is 7.55. The van der Waals surface area contributed by atoms with E-state index in [0.717, 1.165) is 37.0 Å². The molecule has 4 rings (SSSR count). The van der Waals surface area contributed by atoms with E-state index in [9.17, 15) is 14.3 Å². The lowest BCUT2D eigenvalue weighted by Gasteiger charge is -2.52. The molecule has 4 nitrogen and oxygen atoms in total. The molecule has 1 N–H and O–H groups in total. The maximum Gasteiger partial charge on any atom is 0.254 e. The van der Waals surface area contributed by atoms with Crippen LogP contribution in [0.25, 0.3) is 0 Å². The van der Waals surface area contributed by atoms with E-state index in [-0.39, 0.29) is 23.7 Å². The molecule has 0 unspecified atom stereocenters. The van der Waals surface area contributed by atoms with Gasteiger partial charge in [-0.15, -0.1) is 0 Å². The van der Waals surface area contributed by atoms with Crippen LogP contribution in [0.2, 0.25) is 0 Å². The van der Waals surface area contributed by atoms with Gasteiger partial charge in [-0.3, -0.25) is 4.79 Å². The highest BCUT2D eigenvalue weighted by Crippen LogP contribution is 2.51. The Morgan fingerprint density at radius 1 is 1.14 bits per heavy atom. The van der Waals surface area contributed by atoms with Gasteiger partial charge in [-0.2, -0.15) is 0 Å². The van der Waals surface area contributed by atoms with Crippen LogP contribution in [0.3, 0.4) is 0 Å². The summed E-state index contributed by atoms with van der Waals surface area (Å²) >= 11 is 0. The van der Waals surface area contributed by atoms with E-state index in [1.807, 2.05) is 29.2 Å². The van der Waals surface area contributed by atoms with Crippen molar-refractivity contribution in [2.24, 2.45) is 5.92 Å². The number of carbonyl (C=O) groups is 1. The second-order valence-electron chi connectivity index (χ2n) is 7.90. The molecule has 1 aliphatic carbocycles. The van der Waals surface area contributed by atoms with Gasteiger partial charge >= 0.3 is 0 Å². The fraction of sp³-hybridized carbons (Fsp3) is 0.435. The van der Waals surface area contributed by atoms with E-state index >= 15 is 0 Å². The first-order chi connectivity index (χ1) is 13.5. The van der Waals surface area contributed by atoms with Crippen molar-refractivity contribution in [3.8, 4) is 5.75 Å². The minimum absolute atomic E-state index is 0.0456. The highest BCUT2D eigenvalue weighted by molar-refractivity contribution is 5.94. The molecule has 1 saturated carbocycles. The van der Waals surface area contributed by atoms with Crippen molar-refractivity contribution in [1.82, 2.24) is 4.90 Å². The smallest absolute Gasteiger partial charge is 0.254 e. The van der Waals surface area contributed by atoms with E-state index in [0.29, 0.717) is 18.5 Å². The van der Waals surface area contributed by atoms with Gasteiger partial charge in [0.05, 0.1) is 18.8 Å². The van der Waals surface area contributed by atoms with Gasteiger partial charge in [-0.25, -0.2) is 4.39 Å². The van der Waals surface area contributed by atoms with E-state index in [1.54, 1.807) is 7.11 Å². The molecule has 2 aliphatic rings. The Balaban J connectivity index is 1.78. The summed E-state index contributed by atoms with van der Waals surface area (Å²) < 4.78 is 18.9.